The van der Waals surface area contributed by atoms with E-state index in [9.17, 15) is 0 Å². The number of hydrogen-bond acceptors (Lipinski definition) is 1. The van der Waals surface area contributed by atoms with Gasteiger partial charge in [-0.3, -0.25) is 0 Å². The maximum absolute atomic E-state index is 2.41. The fraction of sp³-hybridized carbons (Fsp3) is 0. The lowest BCUT2D eigenvalue weighted by Crippen LogP contribution is -2.11. The van der Waals surface area contributed by atoms with E-state index >= 15 is 0 Å². The number of anilines is 3. The maximum atomic E-state index is 2.41. The van der Waals surface area contributed by atoms with E-state index in [0.717, 1.165) is 45.0 Å². The lowest BCUT2D eigenvalue weighted by atomic mass is 9.91. The summed E-state index contributed by atoms with van der Waals surface area (Å²) in [7, 11) is 0. The molecule has 1 aromatic heterocycles. The second-order valence-corrected chi connectivity index (χ2v) is 18.5. The molecule has 0 fully saturated rings. The Labute approximate surface area is 420 Å². The van der Waals surface area contributed by atoms with Gasteiger partial charge in [0.1, 0.15) is 0 Å². The predicted octanol–water partition coefficient (Wildman–Crippen LogP) is 19.4. The first-order valence-electron chi connectivity index (χ1n) is 24.7. The SMILES string of the molecule is c1ccc(-c2ccc(N(c3ccc(-c4cc(-c5ccc6ccccc6c5)cc(-c5cccc6c5c5ccccc5n6-c5ccccc5)c4)cc3)c3ccc(-c4ccccc4)cc3-c3ccccc3)cc2)cc1. The summed E-state index contributed by atoms with van der Waals surface area (Å²) in [6.45, 7) is 0. The summed E-state index contributed by atoms with van der Waals surface area (Å²) in [5, 5.41) is 4.94. The maximum Gasteiger partial charge on any atom is 0.0547 e. The Morgan fingerprint density at radius 3 is 1.40 bits per heavy atom. The van der Waals surface area contributed by atoms with Gasteiger partial charge in [0, 0.05) is 33.4 Å². The number of nitrogens with zero attached hydrogens (tertiary/aromatic N) is 2. The molecule has 2 nitrogen and oxygen atoms in total. The summed E-state index contributed by atoms with van der Waals surface area (Å²) >= 11 is 0. The molecule has 0 spiro atoms. The molecule has 0 amide bonds. The standard InChI is InChI=1S/C70H48N2/c1-5-18-49(19-6-1)52-34-39-62(40-35-52)71(68-43-38-57(50-20-7-2-8-21-50)48-66(68)54-23-9-3-10-24-54)63-41-36-53(37-42-63)58-45-59(56-33-32-51-22-13-14-25-55(51)44-56)47-60(46-58)64-29-17-31-69-70(64)65-28-15-16-30-67(65)72(69)61-26-11-4-12-27-61/h1-48H. The van der Waals surface area contributed by atoms with Crippen molar-refractivity contribution in [1.82, 2.24) is 4.57 Å². The van der Waals surface area contributed by atoms with Crippen molar-refractivity contribution in [3.63, 3.8) is 0 Å². The second-order valence-electron chi connectivity index (χ2n) is 18.5. The van der Waals surface area contributed by atoms with Crippen LogP contribution in [0, 0.1) is 0 Å². The molecular weight excluding hydrogens is 869 g/mol. The van der Waals surface area contributed by atoms with Crippen LogP contribution < -0.4 is 4.90 Å². The van der Waals surface area contributed by atoms with Crippen LogP contribution in [0.4, 0.5) is 17.1 Å². The molecule has 0 unspecified atom stereocenters. The zero-order valence-corrected chi connectivity index (χ0v) is 39.6. The Bertz CT molecular complexity index is 4050. The third-order valence-corrected chi connectivity index (χ3v) is 14.2. The Morgan fingerprint density at radius 1 is 0.250 bits per heavy atom. The number of fused-ring (bicyclic) bond motifs is 4. The van der Waals surface area contributed by atoms with Gasteiger partial charge in [0.2, 0.25) is 0 Å². The average molecular weight is 917 g/mol. The quantitative estimate of drug-likeness (QED) is 0.133. The molecule has 13 aromatic rings. The Balaban J connectivity index is 0.981. The van der Waals surface area contributed by atoms with Gasteiger partial charge >= 0.3 is 0 Å². The van der Waals surface area contributed by atoms with Crippen molar-refractivity contribution in [2.75, 3.05) is 4.90 Å². The fourth-order valence-electron chi connectivity index (χ4n) is 10.7. The Morgan fingerprint density at radius 2 is 0.722 bits per heavy atom. The lowest BCUT2D eigenvalue weighted by molar-refractivity contribution is 1.18. The van der Waals surface area contributed by atoms with Crippen LogP contribution in [-0.4, -0.2) is 4.57 Å². The highest BCUT2D eigenvalue weighted by molar-refractivity contribution is 6.16. The number of benzene rings is 12. The summed E-state index contributed by atoms with van der Waals surface area (Å²) < 4.78 is 2.40. The normalized spacial score (nSPS) is 11.3. The molecule has 0 N–H and O–H groups in total. The van der Waals surface area contributed by atoms with Gasteiger partial charge in [0.05, 0.1) is 16.7 Å². The topological polar surface area (TPSA) is 8.17 Å². The van der Waals surface area contributed by atoms with Crippen molar-refractivity contribution in [2.45, 2.75) is 0 Å². The van der Waals surface area contributed by atoms with E-state index in [1.165, 1.54) is 77.1 Å². The molecule has 13 rings (SSSR count). The molecule has 338 valence electrons. The number of rotatable bonds is 10. The third kappa shape index (κ3) is 7.92. The highest BCUT2D eigenvalue weighted by Gasteiger charge is 2.21. The number of para-hydroxylation sites is 2. The van der Waals surface area contributed by atoms with E-state index in [1.54, 1.807) is 0 Å². The van der Waals surface area contributed by atoms with Crippen LogP contribution in [0.5, 0.6) is 0 Å². The minimum Gasteiger partial charge on any atom is -0.310 e. The van der Waals surface area contributed by atoms with Gasteiger partial charge in [-0.15, -0.1) is 0 Å². The number of aromatic nitrogens is 1. The minimum atomic E-state index is 1.07. The van der Waals surface area contributed by atoms with E-state index < -0.39 is 0 Å². The first-order valence-corrected chi connectivity index (χ1v) is 24.7. The summed E-state index contributed by atoms with van der Waals surface area (Å²) in [6.07, 6.45) is 0. The lowest BCUT2D eigenvalue weighted by Gasteiger charge is -2.29. The van der Waals surface area contributed by atoms with Crippen LogP contribution in [0.1, 0.15) is 0 Å². The monoisotopic (exact) mass is 916 g/mol. The van der Waals surface area contributed by atoms with E-state index in [2.05, 4.69) is 301 Å². The number of hydrogen-bond donors (Lipinski definition) is 0. The van der Waals surface area contributed by atoms with Gasteiger partial charge in [-0.2, -0.15) is 0 Å². The van der Waals surface area contributed by atoms with E-state index in [4.69, 9.17) is 0 Å². The molecule has 2 heteroatoms. The third-order valence-electron chi connectivity index (χ3n) is 14.2. The molecule has 1 heterocycles. The highest BCUT2D eigenvalue weighted by Crippen LogP contribution is 2.45. The molecule has 0 saturated heterocycles. The first-order chi connectivity index (χ1) is 35.7. The largest absolute Gasteiger partial charge is 0.310 e. The molecule has 12 aromatic carbocycles. The predicted molar refractivity (Wildman–Crippen MR) is 306 cm³/mol. The summed E-state index contributed by atoms with van der Waals surface area (Å²) in [4.78, 5) is 2.41. The molecular formula is C70H48N2. The van der Waals surface area contributed by atoms with Crippen LogP contribution in [0.3, 0.4) is 0 Å². The van der Waals surface area contributed by atoms with Crippen molar-refractivity contribution < 1.29 is 0 Å². The first kappa shape index (κ1) is 42.6. The summed E-state index contributed by atoms with van der Waals surface area (Å²) in [6, 6.07) is 106. The molecule has 0 radical (unpaired) electrons. The van der Waals surface area contributed by atoms with Crippen molar-refractivity contribution in [2.24, 2.45) is 0 Å². The Kier molecular flexibility index (Phi) is 10.9. The molecule has 0 aliphatic carbocycles. The van der Waals surface area contributed by atoms with E-state index in [0.29, 0.717) is 0 Å². The molecule has 72 heavy (non-hydrogen) atoms. The van der Waals surface area contributed by atoms with Gasteiger partial charge in [-0.25, -0.2) is 0 Å². The minimum absolute atomic E-state index is 1.07. The molecule has 0 atom stereocenters. The zero-order chi connectivity index (χ0) is 47.8. The molecule has 0 saturated carbocycles. The van der Waals surface area contributed by atoms with E-state index in [-0.39, 0.29) is 0 Å². The van der Waals surface area contributed by atoms with Gasteiger partial charge < -0.3 is 9.47 Å². The average Bonchev–Trinajstić information content (AvgIpc) is 3.81. The van der Waals surface area contributed by atoms with Crippen molar-refractivity contribution in [3.8, 4) is 72.4 Å². The zero-order valence-electron chi connectivity index (χ0n) is 39.6. The van der Waals surface area contributed by atoms with Crippen LogP contribution in [-0.2, 0) is 0 Å². The van der Waals surface area contributed by atoms with Crippen LogP contribution in [0.2, 0.25) is 0 Å². The van der Waals surface area contributed by atoms with Crippen LogP contribution in [0.25, 0.3) is 105 Å². The fourth-order valence-corrected chi connectivity index (χ4v) is 10.7. The van der Waals surface area contributed by atoms with E-state index in [1.807, 2.05) is 0 Å². The van der Waals surface area contributed by atoms with Gasteiger partial charge in [0.25, 0.3) is 0 Å². The summed E-state index contributed by atoms with van der Waals surface area (Å²) in [5.74, 6) is 0. The van der Waals surface area contributed by atoms with Gasteiger partial charge in [-0.1, -0.05) is 206 Å². The van der Waals surface area contributed by atoms with Crippen molar-refractivity contribution >= 4 is 49.6 Å². The second kappa shape index (κ2) is 18.4. The molecule has 0 aliphatic heterocycles. The smallest absolute Gasteiger partial charge is 0.0547 e. The molecule has 0 aliphatic rings. The van der Waals surface area contributed by atoms with Gasteiger partial charge in [0.15, 0.2) is 0 Å². The summed E-state index contributed by atoms with van der Waals surface area (Å²) in [5.41, 5.74) is 20.9. The van der Waals surface area contributed by atoms with Crippen LogP contribution in [0.15, 0.2) is 291 Å². The highest BCUT2D eigenvalue weighted by atomic mass is 15.1. The van der Waals surface area contributed by atoms with Crippen molar-refractivity contribution in [1.29, 1.82) is 0 Å². The molecule has 0 bridgehead atoms. The van der Waals surface area contributed by atoms with Gasteiger partial charge in [-0.05, 0) is 157 Å². The Hall–Kier alpha value is -9.50. The van der Waals surface area contributed by atoms with Crippen molar-refractivity contribution in [3.05, 3.63) is 291 Å². The van der Waals surface area contributed by atoms with Crippen LogP contribution >= 0.6 is 0 Å².